The van der Waals surface area contributed by atoms with Crippen LogP contribution in [0.3, 0.4) is 0 Å². The molecule has 0 spiro atoms. The fourth-order valence-electron chi connectivity index (χ4n) is 1.39. The summed E-state index contributed by atoms with van der Waals surface area (Å²) in [6.07, 6.45) is 0. The molecule has 0 radical (unpaired) electrons. The molecule has 1 rings (SSSR count). The van der Waals surface area contributed by atoms with Gasteiger partial charge in [-0.3, -0.25) is 9.52 Å². The molecule has 0 bridgehead atoms. The minimum absolute atomic E-state index is 0.0522. The smallest absolute Gasteiger partial charge is 0.337 e. The van der Waals surface area contributed by atoms with Gasteiger partial charge in [-0.05, 0) is 25.1 Å². The van der Waals surface area contributed by atoms with Gasteiger partial charge in [0.1, 0.15) is 0 Å². The first-order valence-electron chi connectivity index (χ1n) is 5.54. The molecule has 0 aliphatic heterocycles. The lowest BCUT2D eigenvalue weighted by Gasteiger charge is -2.10. The highest BCUT2D eigenvalue weighted by Crippen LogP contribution is 2.20. The van der Waals surface area contributed by atoms with Gasteiger partial charge in [-0.2, -0.15) is 0 Å². The number of hydrogen-bond acceptors (Lipinski definition) is 6. The summed E-state index contributed by atoms with van der Waals surface area (Å²) in [7, 11) is -4.05. The fourth-order valence-corrected chi connectivity index (χ4v) is 2.37. The van der Waals surface area contributed by atoms with Crippen LogP contribution in [0.2, 0.25) is 0 Å². The average molecular weight is 302 g/mol. The number of benzene rings is 1. The summed E-state index contributed by atoms with van der Waals surface area (Å²) in [6.45, 7) is 1.59. The number of sulfonamides is 1. The summed E-state index contributed by atoms with van der Waals surface area (Å²) in [5, 5.41) is 8.97. The van der Waals surface area contributed by atoms with E-state index in [-0.39, 0.29) is 23.5 Å². The predicted molar refractivity (Wildman–Crippen MR) is 71.9 cm³/mol. The Bertz CT molecular complexity index is 626. The van der Waals surface area contributed by atoms with Gasteiger partial charge in [0.2, 0.25) is 10.0 Å². The van der Waals surface area contributed by atoms with E-state index in [2.05, 4.69) is 4.74 Å². The van der Waals surface area contributed by atoms with Crippen LogP contribution >= 0.6 is 0 Å². The second-order valence-corrected chi connectivity index (χ2v) is 5.50. The molecule has 4 N–H and O–H groups in total. The number of nitrogens with two attached hydrogens (primary N) is 1. The molecule has 20 heavy (non-hydrogen) atoms. The van der Waals surface area contributed by atoms with E-state index in [1.165, 1.54) is 12.1 Å². The van der Waals surface area contributed by atoms with Gasteiger partial charge >= 0.3 is 11.9 Å². The van der Waals surface area contributed by atoms with Crippen molar-refractivity contribution in [2.45, 2.75) is 6.92 Å². The van der Waals surface area contributed by atoms with Crippen LogP contribution in [-0.4, -0.2) is 37.8 Å². The molecule has 0 atom stereocenters. The highest BCUT2D eigenvalue weighted by atomic mass is 32.2. The van der Waals surface area contributed by atoms with E-state index in [4.69, 9.17) is 10.8 Å². The number of anilines is 2. The maximum atomic E-state index is 11.7. The average Bonchev–Trinajstić information content (AvgIpc) is 2.30. The van der Waals surface area contributed by atoms with Crippen molar-refractivity contribution >= 4 is 33.3 Å². The normalized spacial score (nSPS) is 10.8. The molecule has 1 aromatic rings. The number of rotatable bonds is 6. The van der Waals surface area contributed by atoms with Crippen molar-refractivity contribution < 1.29 is 27.9 Å². The number of nitrogen functional groups attached to an aromatic ring is 1. The van der Waals surface area contributed by atoms with Crippen LogP contribution in [0.15, 0.2) is 18.2 Å². The zero-order valence-electron chi connectivity index (χ0n) is 10.6. The Morgan fingerprint density at radius 1 is 1.40 bits per heavy atom. The topological polar surface area (TPSA) is 136 Å². The van der Waals surface area contributed by atoms with Crippen molar-refractivity contribution in [2.75, 3.05) is 22.8 Å². The van der Waals surface area contributed by atoms with Crippen molar-refractivity contribution in [1.29, 1.82) is 0 Å². The summed E-state index contributed by atoms with van der Waals surface area (Å²) in [6, 6.07) is 3.67. The molecule has 9 heteroatoms. The lowest BCUT2D eigenvalue weighted by atomic mass is 10.1. The minimum Gasteiger partial charge on any atom is -0.478 e. The number of carboxylic acid groups (broad SMARTS) is 1. The van der Waals surface area contributed by atoms with Crippen LogP contribution in [0.4, 0.5) is 11.4 Å². The standard InChI is InChI=1S/C11H14N2O6S/c1-2-19-10(14)6-20(17,18)13-9-4-3-7(12)5-8(9)11(15)16/h3-5,13H,2,6,12H2,1H3,(H,15,16). The Morgan fingerprint density at radius 2 is 2.05 bits per heavy atom. The summed E-state index contributed by atoms with van der Waals surface area (Å²) in [5.41, 5.74) is 5.13. The maximum Gasteiger partial charge on any atom is 0.337 e. The summed E-state index contributed by atoms with van der Waals surface area (Å²) >= 11 is 0. The molecule has 1 aromatic carbocycles. The number of hydrogen-bond donors (Lipinski definition) is 3. The minimum atomic E-state index is -4.05. The fraction of sp³-hybridized carbons (Fsp3) is 0.273. The number of ether oxygens (including phenoxy) is 1. The highest BCUT2D eigenvalue weighted by molar-refractivity contribution is 7.93. The molecule has 0 saturated carbocycles. The van der Waals surface area contributed by atoms with Crippen LogP contribution < -0.4 is 10.5 Å². The summed E-state index contributed by atoms with van der Waals surface area (Å²) in [5.74, 6) is -3.16. The van der Waals surface area contributed by atoms with Crippen molar-refractivity contribution in [3.8, 4) is 0 Å². The molecule has 110 valence electrons. The summed E-state index contributed by atoms with van der Waals surface area (Å²) in [4.78, 5) is 22.1. The van der Waals surface area contributed by atoms with E-state index in [0.717, 1.165) is 6.07 Å². The molecule has 0 heterocycles. The lowest BCUT2D eigenvalue weighted by molar-refractivity contribution is -0.139. The van der Waals surface area contributed by atoms with Gasteiger partial charge in [0.05, 0.1) is 17.9 Å². The number of carbonyl (C=O) groups excluding carboxylic acids is 1. The van der Waals surface area contributed by atoms with Crippen LogP contribution in [0, 0.1) is 0 Å². The number of carboxylic acids is 1. The van der Waals surface area contributed by atoms with Crippen molar-refractivity contribution in [3.63, 3.8) is 0 Å². The van der Waals surface area contributed by atoms with E-state index in [1.54, 1.807) is 6.92 Å². The first-order valence-corrected chi connectivity index (χ1v) is 7.19. The van der Waals surface area contributed by atoms with Crippen molar-refractivity contribution in [2.24, 2.45) is 0 Å². The Balaban J connectivity index is 2.98. The highest BCUT2D eigenvalue weighted by Gasteiger charge is 2.20. The molecule has 0 aliphatic carbocycles. The number of nitrogens with one attached hydrogen (secondary N) is 1. The first-order chi connectivity index (χ1) is 9.25. The Hall–Kier alpha value is -2.29. The molecule has 0 amide bonds. The molecule has 8 nitrogen and oxygen atoms in total. The predicted octanol–water partition coefficient (Wildman–Crippen LogP) is 0.272. The Morgan fingerprint density at radius 3 is 2.60 bits per heavy atom. The van der Waals surface area contributed by atoms with Gasteiger partial charge < -0.3 is 15.6 Å². The van der Waals surface area contributed by atoms with E-state index in [1.807, 2.05) is 4.72 Å². The van der Waals surface area contributed by atoms with Gasteiger partial charge in [-0.1, -0.05) is 0 Å². The van der Waals surface area contributed by atoms with Crippen molar-refractivity contribution in [3.05, 3.63) is 23.8 Å². The lowest BCUT2D eigenvalue weighted by Crippen LogP contribution is -2.25. The SMILES string of the molecule is CCOC(=O)CS(=O)(=O)Nc1ccc(N)cc1C(=O)O. The van der Waals surface area contributed by atoms with E-state index in [0.29, 0.717) is 0 Å². The van der Waals surface area contributed by atoms with E-state index < -0.39 is 27.7 Å². The third kappa shape index (κ3) is 4.43. The molecular formula is C11H14N2O6S. The molecular weight excluding hydrogens is 288 g/mol. The zero-order chi connectivity index (χ0) is 15.3. The van der Waals surface area contributed by atoms with E-state index in [9.17, 15) is 18.0 Å². The zero-order valence-corrected chi connectivity index (χ0v) is 11.4. The second-order valence-electron chi connectivity index (χ2n) is 3.78. The monoisotopic (exact) mass is 302 g/mol. The Kier molecular flexibility index (Phi) is 4.92. The van der Waals surface area contributed by atoms with Gasteiger partial charge in [-0.25, -0.2) is 13.2 Å². The Labute approximate surface area is 115 Å². The molecule has 0 aromatic heterocycles. The quantitative estimate of drug-likeness (QED) is 0.507. The summed E-state index contributed by atoms with van der Waals surface area (Å²) < 4.78 is 30.0. The molecule has 0 fully saturated rings. The molecule has 0 saturated heterocycles. The largest absolute Gasteiger partial charge is 0.478 e. The van der Waals surface area contributed by atoms with Gasteiger partial charge in [0.25, 0.3) is 0 Å². The number of esters is 1. The number of aromatic carboxylic acids is 1. The van der Waals surface area contributed by atoms with Gasteiger partial charge in [0, 0.05) is 5.69 Å². The number of carbonyl (C=O) groups is 2. The van der Waals surface area contributed by atoms with Crippen molar-refractivity contribution in [1.82, 2.24) is 0 Å². The van der Waals surface area contributed by atoms with Crippen LogP contribution in [-0.2, 0) is 19.6 Å². The third-order valence-electron chi connectivity index (χ3n) is 2.15. The van der Waals surface area contributed by atoms with Gasteiger partial charge in [0.15, 0.2) is 5.75 Å². The second kappa shape index (κ2) is 6.24. The molecule has 0 unspecified atom stereocenters. The maximum absolute atomic E-state index is 11.7. The van der Waals surface area contributed by atoms with Crippen LogP contribution in [0.5, 0.6) is 0 Å². The van der Waals surface area contributed by atoms with Crippen LogP contribution in [0.1, 0.15) is 17.3 Å². The van der Waals surface area contributed by atoms with Gasteiger partial charge in [-0.15, -0.1) is 0 Å². The third-order valence-corrected chi connectivity index (χ3v) is 3.30. The molecule has 0 aliphatic rings. The van der Waals surface area contributed by atoms with E-state index >= 15 is 0 Å². The van der Waals surface area contributed by atoms with Crippen LogP contribution in [0.25, 0.3) is 0 Å². The first kappa shape index (κ1) is 15.8.